The number of anilines is 1. The maximum atomic E-state index is 12.6. The zero-order chi connectivity index (χ0) is 23.4. The van der Waals surface area contributed by atoms with Crippen LogP contribution in [0.1, 0.15) is 29.9 Å². The van der Waals surface area contributed by atoms with Crippen LogP contribution in [0.25, 0.3) is 5.95 Å². The summed E-state index contributed by atoms with van der Waals surface area (Å²) >= 11 is 0. The van der Waals surface area contributed by atoms with E-state index in [0.717, 1.165) is 4.68 Å². The molecule has 11 nitrogen and oxygen atoms in total. The number of aromatic hydroxyl groups is 1. The molecular formula is C22H22N8O3. The third-order valence-corrected chi connectivity index (χ3v) is 4.71. The Kier molecular flexibility index (Phi) is 6.02. The van der Waals surface area contributed by atoms with Gasteiger partial charge in [-0.1, -0.05) is 0 Å². The summed E-state index contributed by atoms with van der Waals surface area (Å²) in [5, 5.41) is 25.5. The molecule has 0 radical (unpaired) electrons. The van der Waals surface area contributed by atoms with Crippen LogP contribution in [0.3, 0.4) is 0 Å². The maximum absolute atomic E-state index is 12.6. The number of benzene rings is 2. The van der Waals surface area contributed by atoms with E-state index in [1.54, 1.807) is 42.5 Å². The predicted octanol–water partition coefficient (Wildman–Crippen LogP) is 1.94. The average Bonchev–Trinajstić information content (AvgIpc) is 3.19. The number of nitrogens with one attached hydrogen (secondary N) is 3. The number of aromatic nitrogens is 5. The second kappa shape index (κ2) is 9.22. The van der Waals surface area contributed by atoms with Crippen LogP contribution in [-0.2, 0) is 0 Å². The first-order valence-corrected chi connectivity index (χ1v) is 10.1. The lowest BCUT2D eigenvalue weighted by Crippen LogP contribution is -2.18. The van der Waals surface area contributed by atoms with E-state index in [9.17, 15) is 9.90 Å². The summed E-state index contributed by atoms with van der Waals surface area (Å²) in [4.78, 5) is 23.5. The fourth-order valence-corrected chi connectivity index (χ4v) is 3.25. The van der Waals surface area contributed by atoms with Gasteiger partial charge in [-0.2, -0.15) is 0 Å². The monoisotopic (exact) mass is 446 g/mol. The molecule has 6 N–H and O–H groups in total. The highest BCUT2D eigenvalue weighted by atomic mass is 16.5. The van der Waals surface area contributed by atoms with Crippen molar-refractivity contribution in [2.75, 3.05) is 11.9 Å². The number of aromatic amines is 1. The molecule has 168 valence electrons. The summed E-state index contributed by atoms with van der Waals surface area (Å²) in [6.45, 7) is 2.26. The van der Waals surface area contributed by atoms with Crippen LogP contribution in [0.15, 0.2) is 65.7 Å². The summed E-state index contributed by atoms with van der Waals surface area (Å²) < 4.78 is 6.63. The van der Waals surface area contributed by atoms with Crippen LogP contribution in [0.5, 0.6) is 11.5 Å². The van der Waals surface area contributed by atoms with E-state index < -0.39 is 11.7 Å². The van der Waals surface area contributed by atoms with E-state index in [1.165, 1.54) is 18.5 Å². The van der Waals surface area contributed by atoms with Crippen molar-refractivity contribution in [3.05, 3.63) is 88.4 Å². The van der Waals surface area contributed by atoms with Crippen LogP contribution < -0.4 is 21.5 Å². The lowest BCUT2D eigenvalue weighted by Gasteiger charge is -2.19. The van der Waals surface area contributed by atoms with Gasteiger partial charge in [0, 0.05) is 29.7 Å². The van der Waals surface area contributed by atoms with Gasteiger partial charge in [-0.05, 0) is 55.0 Å². The van der Waals surface area contributed by atoms with Crippen molar-refractivity contribution in [1.82, 2.24) is 24.7 Å². The number of rotatable bonds is 8. The number of nitrogens with two attached hydrogens (primary N) is 1. The van der Waals surface area contributed by atoms with Crippen molar-refractivity contribution in [3.8, 4) is 17.4 Å². The molecule has 11 heteroatoms. The molecule has 2 heterocycles. The third-order valence-electron chi connectivity index (χ3n) is 4.71. The first-order chi connectivity index (χ1) is 15.9. The number of hydrogen-bond donors (Lipinski definition) is 5. The second-order valence-corrected chi connectivity index (χ2v) is 7.04. The van der Waals surface area contributed by atoms with Gasteiger partial charge in [0.1, 0.15) is 23.4 Å². The Morgan fingerprint density at radius 2 is 1.97 bits per heavy atom. The first-order valence-electron chi connectivity index (χ1n) is 10.1. The van der Waals surface area contributed by atoms with Crippen LogP contribution in [-0.4, -0.2) is 42.3 Å². The van der Waals surface area contributed by atoms with Gasteiger partial charge in [0.25, 0.3) is 5.95 Å². The highest BCUT2D eigenvalue weighted by Crippen LogP contribution is 2.31. The second-order valence-electron chi connectivity index (χ2n) is 7.04. The smallest absolute Gasteiger partial charge is 0.350 e. The molecule has 2 aromatic heterocycles. The number of phenolic OH excluding ortho intramolecular Hbond substituents is 1. The summed E-state index contributed by atoms with van der Waals surface area (Å²) in [5.74, 6) is 0.831. The molecule has 0 aliphatic heterocycles. The van der Waals surface area contributed by atoms with Gasteiger partial charge in [-0.25, -0.2) is 14.8 Å². The first kappa shape index (κ1) is 21.6. The van der Waals surface area contributed by atoms with Crippen molar-refractivity contribution in [1.29, 1.82) is 5.41 Å². The Labute approximate surface area is 188 Å². The zero-order valence-corrected chi connectivity index (χ0v) is 17.7. The van der Waals surface area contributed by atoms with E-state index in [4.69, 9.17) is 15.9 Å². The van der Waals surface area contributed by atoms with Gasteiger partial charge in [-0.15, -0.1) is 9.78 Å². The van der Waals surface area contributed by atoms with Crippen LogP contribution >= 0.6 is 0 Å². The third kappa shape index (κ3) is 4.82. The predicted molar refractivity (Wildman–Crippen MR) is 122 cm³/mol. The molecule has 1 atom stereocenters. The number of nitrogen functional groups attached to an aromatic ring is 1. The number of hydrogen-bond acceptors (Lipinski definition) is 8. The number of H-pyrrole nitrogens is 1. The van der Waals surface area contributed by atoms with Gasteiger partial charge in [-0.3, -0.25) is 10.4 Å². The highest BCUT2D eigenvalue weighted by Gasteiger charge is 2.22. The minimum absolute atomic E-state index is 0.00264. The Morgan fingerprint density at radius 3 is 2.64 bits per heavy atom. The minimum atomic E-state index is -0.669. The molecule has 0 saturated carbocycles. The summed E-state index contributed by atoms with van der Waals surface area (Å²) in [5.41, 5.74) is 6.88. The Morgan fingerprint density at radius 1 is 1.24 bits per heavy atom. The van der Waals surface area contributed by atoms with E-state index in [0.29, 0.717) is 29.2 Å². The van der Waals surface area contributed by atoms with Crippen molar-refractivity contribution < 1.29 is 9.84 Å². The molecule has 2 aromatic carbocycles. The van der Waals surface area contributed by atoms with Gasteiger partial charge >= 0.3 is 5.69 Å². The molecule has 33 heavy (non-hydrogen) atoms. The summed E-state index contributed by atoms with van der Waals surface area (Å²) in [6.07, 6.45) is 3.03. The number of phenols is 1. The fourth-order valence-electron chi connectivity index (χ4n) is 3.25. The van der Waals surface area contributed by atoms with E-state index >= 15 is 0 Å². The minimum Gasteiger partial charge on any atom is -0.508 e. The maximum Gasteiger partial charge on any atom is 0.350 e. The molecule has 4 rings (SSSR count). The fraction of sp³-hybridized carbons (Fsp3) is 0.136. The molecule has 4 aromatic rings. The highest BCUT2D eigenvalue weighted by molar-refractivity contribution is 5.95. The Hall–Kier alpha value is -4.67. The van der Waals surface area contributed by atoms with E-state index in [1.807, 2.05) is 6.92 Å². The van der Waals surface area contributed by atoms with E-state index in [2.05, 4.69) is 25.4 Å². The zero-order valence-electron chi connectivity index (χ0n) is 17.7. The molecule has 0 saturated heterocycles. The van der Waals surface area contributed by atoms with E-state index in [-0.39, 0.29) is 23.4 Å². The normalized spacial score (nSPS) is 11.7. The SMILES string of the molecule is CCOc1cc(O)cc(C(Nc2ccc(C(=N)N)cc2)c2nn(-c3ncccn3)c(=O)[nH]2)c1. The molecule has 0 aliphatic carbocycles. The Bertz CT molecular complexity index is 1320. The van der Waals surface area contributed by atoms with Crippen LogP contribution in [0, 0.1) is 5.41 Å². The van der Waals surface area contributed by atoms with Crippen LogP contribution in [0.4, 0.5) is 5.69 Å². The molecular weight excluding hydrogens is 424 g/mol. The molecule has 0 spiro atoms. The van der Waals surface area contributed by atoms with Gasteiger partial charge in [0.15, 0.2) is 5.82 Å². The van der Waals surface area contributed by atoms with Gasteiger partial charge in [0.05, 0.1) is 6.61 Å². The molecule has 0 fully saturated rings. The molecule has 0 aliphatic rings. The molecule has 0 amide bonds. The number of ether oxygens (including phenoxy) is 1. The number of nitrogens with zero attached hydrogens (tertiary/aromatic N) is 4. The molecule has 0 bridgehead atoms. The topological polar surface area (TPSA) is 168 Å². The van der Waals surface area contributed by atoms with Crippen LogP contribution in [0.2, 0.25) is 0 Å². The van der Waals surface area contributed by atoms with Crippen molar-refractivity contribution in [3.63, 3.8) is 0 Å². The van der Waals surface area contributed by atoms with Crippen molar-refractivity contribution >= 4 is 11.5 Å². The summed E-state index contributed by atoms with van der Waals surface area (Å²) in [6, 6.07) is 12.7. The summed E-state index contributed by atoms with van der Waals surface area (Å²) in [7, 11) is 0. The molecule has 1 unspecified atom stereocenters. The van der Waals surface area contributed by atoms with Gasteiger partial charge in [0.2, 0.25) is 0 Å². The number of amidine groups is 1. The van der Waals surface area contributed by atoms with Crippen molar-refractivity contribution in [2.24, 2.45) is 5.73 Å². The van der Waals surface area contributed by atoms with Gasteiger partial charge < -0.3 is 20.9 Å². The Balaban J connectivity index is 1.78. The standard InChI is InChI=1S/C22H22N8O3/c1-2-33-17-11-14(10-16(31)12-17)18(27-15-6-4-13(5-7-15)19(23)24)20-28-22(32)30(29-20)21-25-8-3-9-26-21/h3-12,18,27,31H,2H2,1H3,(H3,23,24)(H,28,29,32). The lowest BCUT2D eigenvalue weighted by molar-refractivity contribution is 0.337. The van der Waals surface area contributed by atoms with Crippen molar-refractivity contribution in [2.45, 2.75) is 13.0 Å². The quantitative estimate of drug-likeness (QED) is 0.202. The lowest BCUT2D eigenvalue weighted by atomic mass is 10.0. The largest absolute Gasteiger partial charge is 0.508 e. The average molecular weight is 446 g/mol.